The highest BCUT2D eigenvalue weighted by atomic mass is 35.5. The first-order valence-electron chi connectivity index (χ1n) is 9.81. The fourth-order valence-electron chi connectivity index (χ4n) is 3.68. The molecule has 1 saturated heterocycles. The van der Waals surface area contributed by atoms with Crippen molar-refractivity contribution in [3.05, 3.63) is 58.1 Å². The van der Waals surface area contributed by atoms with Crippen LogP contribution in [0.25, 0.3) is 6.08 Å². The van der Waals surface area contributed by atoms with Crippen LogP contribution in [-0.2, 0) is 6.54 Å². The number of likely N-dealkylation sites (tertiary alicyclic amines) is 1. The van der Waals surface area contributed by atoms with Crippen molar-refractivity contribution < 1.29 is 24.3 Å². The zero-order chi connectivity index (χ0) is 20.8. The number of aromatic hydroxyl groups is 1. The number of allylic oxidation sites excluding steroid dienone is 1. The van der Waals surface area contributed by atoms with Crippen LogP contribution in [0.4, 0.5) is 0 Å². The lowest BCUT2D eigenvalue weighted by molar-refractivity contribution is -0.918. The van der Waals surface area contributed by atoms with Crippen molar-refractivity contribution in [2.45, 2.75) is 25.8 Å². The zero-order valence-corrected chi connectivity index (χ0v) is 17.6. The lowest BCUT2D eigenvalue weighted by atomic mass is 10.0. The highest BCUT2D eigenvalue weighted by Gasteiger charge is 2.17. The Bertz CT molecular complexity index is 904. The molecule has 0 aliphatic carbocycles. The van der Waals surface area contributed by atoms with Crippen molar-refractivity contribution in [3.8, 4) is 17.2 Å². The van der Waals surface area contributed by atoms with E-state index in [1.54, 1.807) is 31.4 Å². The molecule has 0 radical (unpaired) electrons. The van der Waals surface area contributed by atoms with Crippen LogP contribution in [0, 0.1) is 0 Å². The molecule has 2 aromatic rings. The number of hydrogen-bond donors (Lipinski definition) is 2. The average molecular weight is 417 g/mol. The molecule has 1 aliphatic heterocycles. The maximum absolute atomic E-state index is 12.7. The summed E-state index contributed by atoms with van der Waals surface area (Å²) < 4.78 is 10.6. The van der Waals surface area contributed by atoms with Crippen LogP contribution >= 0.6 is 11.6 Å². The fourth-order valence-corrected chi connectivity index (χ4v) is 3.90. The van der Waals surface area contributed by atoms with Crippen molar-refractivity contribution in [3.63, 3.8) is 0 Å². The molecule has 0 saturated carbocycles. The Morgan fingerprint density at radius 1 is 1.10 bits per heavy atom. The first-order valence-corrected chi connectivity index (χ1v) is 10.2. The summed E-state index contributed by atoms with van der Waals surface area (Å²) in [6, 6.07) is 8.79. The predicted octanol–water partition coefficient (Wildman–Crippen LogP) is 3.53. The standard InChI is InChI=1S/C23H26ClNO4/c1-28-21-9-7-17(14-18(21)15-25-10-4-3-5-11-25)20(26)8-6-16-12-19(24)23(27)22(13-16)29-2/h6-9,12-14,27H,3-5,10-11,15H2,1-2H3/p+1/b8-6+. The van der Waals surface area contributed by atoms with Gasteiger partial charge in [-0.2, -0.15) is 0 Å². The first-order chi connectivity index (χ1) is 14.0. The summed E-state index contributed by atoms with van der Waals surface area (Å²) in [4.78, 5) is 14.2. The van der Waals surface area contributed by atoms with Crippen LogP contribution in [0.3, 0.4) is 0 Å². The normalized spacial score (nSPS) is 14.9. The van der Waals surface area contributed by atoms with Gasteiger partial charge in [0.2, 0.25) is 0 Å². The monoisotopic (exact) mass is 416 g/mol. The molecule has 0 unspecified atom stereocenters. The van der Waals surface area contributed by atoms with Crippen molar-refractivity contribution >= 4 is 23.5 Å². The number of nitrogens with one attached hydrogen (secondary N) is 1. The van der Waals surface area contributed by atoms with Gasteiger partial charge in [0.05, 0.1) is 32.3 Å². The molecule has 0 amide bonds. The van der Waals surface area contributed by atoms with E-state index in [1.807, 2.05) is 12.1 Å². The van der Waals surface area contributed by atoms with Crippen LogP contribution in [-0.4, -0.2) is 38.2 Å². The topological polar surface area (TPSA) is 60.2 Å². The molecular formula is C23H27ClNO4+. The van der Waals surface area contributed by atoms with E-state index < -0.39 is 0 Å². The molecule has 0 atom stereocenters. The molecule has 2 aromatic carbocycles. The molecule has 0 spiro atoms. The van der Waals surface area contributed by atoms with Gasteiger partial charge >= 0.3 is 0 Å². The number of methoxy groups -OCH3 is 2. The van der Waals surface area contributed by atoms with E-state index in [2.05, 4.69) is 0 Å². The Morgan fingerprint density at radius 2 is 1.83 bits per heavy atom. The van der Waals surface area contributed by atoms with E-state index in [0.29, 0.717) is 11.1 Å². The third-order valence-electron chi connectivity index (χ3n) is 5.26. The van der Waals surface area contributed by atoms with Gasteiger partial charge in [-0.3, -0.25) is 4.79 Å². The van der Waals surface area contributed by atoms with Crippen molar-refractivity contribution in [2.75, 3.05) is 27.3 Å². The van der Waals surface area contributed by atoms with E-state index in [4.69, 9.17) is 21.1 Å². The number of phenols is 1. The Balaban J connectivity index is 1.79. The lowest BCUT2D eigenvalue weighted by Crippen LogP contribution is -3.11. The fraction of sp³-hybridized carbons (Fsp3) is 0.348. The maximum Gasteiger partial charge on any atom is 0.185 e. The number of rotatable bonds is 7. The Labute approximate surface area is 176 Å². The van der Waals surface area contributed by atoms with E-state index in [9.17, 15) is 9.90 Å². The van der Waals surface area contributed by atoms with Crippen LogP contribution in [0.5, 0.6) is 17.2 Å². The Kier molecular flexibility index (Phi) is 7.18. The van der Waals surface area contributed by atoms with Crippen LogP contribution in [0.1, 0.15) is 40.7 Å². The third kappa shape index (κ3) is 5.31. The van der Waals surface area contributed by atoms with Crippen LogP contribution in [0.2, 0.25) is 5.02 Å². The summed E-state index contributed by atoms with van der Waals surface area (Å²) in [5.41, 5.74) is 2.34. The number of ketones is 1. The van der Waals surface area contributed by atoms with Crippen LogP contribution in [0.15, 0.2) is 36.4 Å². The number of ether oxygens (including phenoxy) is 2. The van der Waals surface area contributed by atoms with Gasteiger partial charge < -0.3 is 19.5 Å². The van der Waals surface area contributed by atoms with Gasteiger partial charge in [-0.15, -0.1) is 0 Å². The minimum atomic E-state index is -0.113. The maximum atomic E-state index is 12.7. The highest BCUT2D eigenvalue weighted by Crippen LogP contribution is 2.35. The smallest absolute Gasteiger partial charge is 0.185 e. The van der Waals surface area contributed by atoms with Gasteiger partial charge in [-0.25, -0.2) is 0 Å². The first kappa shape index (κ1) is 21.2. The molecule has 154 valence electrons. The number of benzene rings is 2. The second kappa shape index (κ2) is 9.81. The summed E-state index contributed by atoms with van der Waals surface area (Å²) >= 11 is 6.01. The van der Waals surface area contributed by atoms with Crippen LogP contribution < -0.4 is 14.4 Å². The number of quaternary nitrogens is 1. The molecule has 1 fully saturated rings. The summed E-state index contributed by atoms with van der Waals surface area (Å²) in [6.07, 6.45) is 6.96. The SMILES string of the molecule is COc1ccc(C(=O)/C=C/c2cc(Cl)c(O)c(OC)c2)cc1C[NH+]1CCCCC1. The van der Waals surface area contributed by atoms with E-state index in [0.717, 1.165) is 30.9 Å². The molecule has 29 heavy (non-hydrogen) atoms. The van der Waals surface area contributed by atoms with Gasteiger partial charge in [0, 0.05) is 11.1 Å². The van der Waals surface area contributed by atoms with Gasteiger partial charge in [-0.05, 0) is 61.2 Å². The molecule has 1 aliphatic rings. The van der Waals surface area contributed by atoms with E-state index in [1.165, 1.54) is 37.3 Å². The third-order valence-corrected chi connectivity index (χ3v) is 5.55. The molecule has 2 N–H and O–H groups in total. The van der Waals surface area contributed by atoms with Gasteiger partial charge in [-0.1, -0.05) is 17.7 Å². The summed E-state index contributed by atoms with van der Waals surface area (Å²) in [5, 5.41) is 10.0. The zero-order valence-electron chi connectivity index (χ0n) is 16.8. The number of piperidine rings is 1. The van der Waals surface area contributed by atoms with Crippen molar-refractivity contribution in [1.82, 2.24) is 0 Å². The molecule has 5 nitrogen and oxygen atoms in total. The van der Waals surface area contributed by atoms with Gasteiger partial charge in [0.25, 0.3) is 0 Å². The van der Waals surface area contributed by atoms with E-state index in [-0.39, 0.29) is 22.3 Å². The molecule has 1 heterocycles. The second-order valence-corrected chi connectivity index (χ2v) is 7.67. The van der Waals surface area contributed by atoms with E-state index >= 15 is 0 Å². The molecule has 0 bridgehead atoms. The lowest BCUT2D eigenvalue weighted by Gasteiger charge is -2.24. The minimum absolute atomic E-state index is 0.106. The number of hydrogen-bond acceptors (Lipinski definition) is 4. The Hall–Kier alpha value is -2.50. The summed E-state index contributed by atoms with van der Waals surface area (Å²) in [5.74, 6) is 0.864. The van der Waals surface area contributed by atoms with Gasteiger partial charge in [0.15, 0.2) is 17.3 Å². The number of carbonyl (C=O) groups is 1. The molecular weight excluding hydrogens is 390 g/mol. The quantitative estimate of drug-likeness (QED) is 0.535. The molecule has 3 rings (SSSR count). The average Bonchev–Trinajstić information content (AvgIpc) is 2.74. The highest BCUT2D eigenvalue weighted by molar-refractivity contribution is 6.32. The number of carbonyl (C=O) groups excluding carboxylic acids is 1. The Morgan fingerprint density at radius 3 is 2.52 bits per heavy atom. The molecule has 6 heteroatoms. The summed E-state index contributed by atoms with van der Waals surface area (Å²) in [7, 11) is 3.11. The second-order valence-electron chi connectivity index (χ2n) is 7.27. The number of halogens is 1. The number of phenolic OH excluding ortho intramolecular Hbond substituents is 1. The van der Waals surface area contributed by atoms with Gasteiger partial charge in [0.1, 0.15) is 12.3 Å². The predicted molar refractivity (Wildman–Crippen MR) is 114 cm³/mol. The van der Waals surface area contributed by atoms with Crippen molar-refractivity contribution in [1.29, 1.82) is 0 Å². The molecule has 0 aromatic heterocycles. The van der Waals surface area contributed by atoms with Crippen molar-refractivity contribution in [2.24, 2.45) is 0 Å². The minimum Gasteiger partial charge on any atom is -0.503 e. The summed E-state index contributed by atoms with van der Waals surface area (Å²) in [6.45, 7) is 3.17. The largest absolute Gasteiger partial charge is 0.503 e.